The van der Waals surface area contributed by atoms with Crippen LogP contribution >= 0.6 is 0 Å². The third kappa shape index (κ3) is 6.99. The molecule has 0 heterocycles. The third-order valence-electron chi connectivity index (χ3n) is 4.76. The molecule has 2 amide bonds. The molecule has 2 atom stereocenters. The third-order valence-corrected chi connectivity index (χ3v) is 4.76. The highest BCUT2D eigenvalue weighted by molar-refractivity contribution is 5.90. The average Bonchev–Trinajstić information content (AvgIpc) is 2.78. The molecule has 176 valence electrons. The minimum Gasteiger partial charge on any atom is -0.490 e. The van der Waals surface area contributed by atoms with E-state index in [9.17, 15) is 28.9 Å². The van der Waals surface area contributed by atoms with Gasteiger partial charge < -0.3 is 20.1 Å². The number of nitro benzene ring substituents is 1. The lowest BCUT2D eigenvalue weighted by molar-refractivity contribution is -0.385. The summed E-state index contributed by atoms with van der Waals surface area (Å²) in [4.78, 5) is 47.5. The molecule has 0 aliphatic rings. The van der Waals surface area contributed by atoms with Crippen LogP contribution in [0, 0.1) is 15.9 Å². The van der Waals surface area contributed by atoms with Gasteiger partial charge in [0.1, 0.15) is 17.9 Å². The zero-order valence-corrected chi connectivity index (χ0v) is 18.3. The number of ether oxygens (including phenoxy) is 2. The van der Waals surface area contributed by atoms with Crippen LogP contribution in [0.3, 0.4) is 0 Å². The molecule has 0 bridgehead atoms. The highest BCUT2D eigenvalue weighted by atomic mass is 19.1. The molecule has 0 saturated carbocycles. The molecule has 11 heteroatoms. The summed E-state index contributed by atoms with van der Waals surface area (Å²) in [6, 6.07) is 7.52. The number of nitrogens with one attached hydrogen (secondary N) is 2. The number of methoxy groups -OCH3 is 2. The number of rotatable bonds is 10. The molecule has 2 aromatic carbocycles. The van der Waals surface area contributed by atoms with Crippen molar-refractivity contribution in [1.29, 1.82) is 0 Å². The summed E-state index contributed by atoms with van der Waals surface area (Å²) < 4.78 is 23.8. The van der Waals surface area contributed by atoms with Crippen molar-refractivity contribution < 1.29 is 33.2 Å². The molecule has 10 nitrogen and oxygen atoms in total. The van der Waals surface area contributed by atoms with Crippen molar-refractivity contribution in [2.45, 2.75) is 31.8 Å². The van der Waals surface area contributed by atoms with Crippen molar-refractivity contribution in [3.63, 3.8) is 0 Å². The van der Waals surface area contributed by atoms with Crippen LogP contribution in [-0.2, 0) is 32.0 Å². The molecule has 0 aliphatic carbocycles. The Bertz CT molecular complexity index is 1040. The van der Waals surface area contributed by atoms with Crippen LogP contribution < -0.4 is 15.4 Å². The largest absolute Gasteiger partial charge is 0.490 e. The van der Waals surface area contributed by atoms with Gasteiger partial charge in [-0.25, -0.2) is 9.18 Å². The van der Waals surface area contributed by atoms with E-state index >= 15 is 0 Å². The quantitative estimate of drug-likeness (QED) is 0.312. The van der Waals surface area contributed by atoms with E-state index in [2.05, 4.69) is 10.6 Å². The van der Waals surface area contributed by atoms with E-state index in [-0.39, 0.29) is 29.8 Å². The molecule has 0 spiro atoms. The summed E-state index contributed by atoms with van der Waals surface area (Å²) in [5.74, 6) is -2.57. The van der Waals surface area contributed by atoms with Gasteiger partial charge in [0.05, 0.1) is 19.1 Å². The molecule has 2 aromatic rings. The van der Waals surface area contributed by atoms with Gasteiger partial charge in [0.15, 0.2) is 5.75 Å². The monoisotopic (exact) mass is 461 g/mol. The summed E-state index contributed by atoms with van der Waals surface area (Å²) in [7, 11) is 2.42. The van der Waals surface area contributed by atoms with Gasteiger partial charge in [-0.3, -0.25) is 19.7 Å². The molecule has 0 unspecified atom stereocenters. The Hall–Kier alpha value is -4.02. The van der Waals surface area contributed by atoms with Gasteiger partial charge in [-0.1, -0.05) is 24.3 Å². The van der Waals surface area contributed by atoms with E-state index in [0.29, 0.717) is 5.56 Å². The van der Waals surface area contributed by atoms with Crippen molar-refractivity contribution in [3.05, 3.63) is 69.5 Å². The van der Waals surface area contributed by atoms with Gasteiger partial charge in [0.2, 0.25) is 11.8 Å². The van der Waals surface area contributed by atoms with E-state index in [4.69, 9.17) is 9.47 Å². The lowest BCUT2D eigenvalue weighted by atomic mass is 10.0. The molecule has 33 heavy (non-hydrogen) atoms. The molecule has 0 fully saturated rings. The number of amides is 2. The van der Waals surface area contributed by atoms with Gasteiger partial charge in [-0.15, -0.1) is 0 Å². The van der Waals surface area contributed by atoms with Crippen LogP contribution in [0.5, 0.6) is 5.75 Å². The summed E-state index contributed by atoms with van der Waals surface area (Å²) in [6.45, 7) is 1.20. The summed E-state index contributed by atoms with van der Waals surface area (Å²) in [5.41, 5.74) is 0.260. The van der Waals surface area contributed by atoms with Gasteiger partial charge in [-0.2, -0.15) is 0 Å². The number of carbonyl (C=O) groups excluding carboxylic acids is 3. The number of carbonyl (C=O) groups is 3. The lowest BCUT2D eigenvalue weighted by Crippen LogP contribution is -2.53. The topological polar surface area (TPSA) is 137 Å². The molecule has 0 saturated heterocycles. The van der Waals surface area contributed by atoms with Crippen LogP contribution in [0.25, 0.3) is 0 Å². The van der Waals surface area contributed by atoms with E-state index in [1.807, 2.05) is 0 Å². The molecule has 0 aliphatic heterocycles. The van der Waals surface area contributed by atoms with Crippen molar-refractivity contribution in [1.82, 2.24) is 10.6 Å². The zero-order valence-electron chi connectivity index (χ0n) is 18.3. The Morgan fingerprint density at radius 2 is 1.76 bits per heavy atom. The van der Waals surface area contributed by atoms with Crippen LogP contribution in [0.4, 0.5) is 10.1 Å². The maximum atomic E-state index is 14.1. The van der Waals surface area contributed by atoms with Crippen molar-refractivity contribution in [2.75, 3.05) is 14.2 Å². The summed E-state index contributed by atoms with van der Waals surface area (Å²) in [5, 5.41) is 16.2. The maximum absolute atomic E-state index is 14.1. The van der Waals surface area contributed by atoms with E-state index < -0.39 is 40.6 Å². The zero-order chi connectivity index (χ0) is 24.5. The number of hydrogen-bond donors (Lipinski definition) is 2. The predicted octanol–water partition coefficient (Wildman–Crippen LogP) is 1.69. The van der Waals surface area contributed by atoms with Crippen LogP contribution in [-0.4, -0.2) is 49.0 Å². The second-order valence-electron chi connectivity index (χ2n) is 7.10. The first-order chi connectivity index (χ1) is 15.7. The average molecular weight is 461 g/mol. The lowest BCUT2D eigenvalue weighted by Gasteiger charge is -2.22. The molecule has 0 radical (unpaired) electrons. The fourth-order valence-electron chi connectivity index (χ4n) is 3.19. The van der Waals surface area contributed by atoms with Gasteiger partial charge >= 0.3 is 11.7 Å². The molecular formula is C22H24FN3O7. The minimum atomic E-state index is -1.22. The number of nitrogens with zero attached hydrogens (tertiary/aromatic N) is 1. The number of benzene rings is 2. The van der Waals surface area contributed by atoms with E-state index in [0.717, 1.165) is 7.11 Å². The summed E-state index contributed by atoms with van der Waals surface area (Å²) in [6.07, 6.45) is -0.282. The van der Waals surface area contributed by atoms with E-state index in [1.165, 1.54) is 50.4 Å². The highest BCUT2D eigenvalue weighted by Crippen LogP contribution is 2.28. The first-order valence-electron chi connectivity index (χ1n) is 9.86. The number of halogens is 1. The Morgan fingerprint density at radius 1 is 1.06 bits per heavy atom. The van der Waals surface area contributed by atoms with Gasteiger partial charge in [-0.05, 0) is 23.3 Å². The standard InChI is InChI=1S/C22H24FN3O7/c1-13(27)24-17(12-15-6-4-5-7-16(15)23)21(28)25-18(22(29)33-3)10-14-8-9-20(32-2)19(11-14)26(30)31/h4-9,11,17-18H,10,12H2,1-3H3,(H,24,27)(H,25,28)/t17-,18-/m1/s1. The highest BCUT2D eigenvalue weighted by Gasteiger charge is 2.28. The second-order valence-corrected chi connectivity index (χ2v) is 7.10. The fraction of sp³-hybridized carbons (Fsp3) is 0.318. The predicted molar refractivity (Wildman–Crippen MR) is 115 cm³/mol. The SMILES string of the molecule is COC(=O)[C@@H](Cc1ccc(OC)c([N+](=O)[O-])c1)NC(=O)[C@@H](Cc1ccccc1F)NC(C)=O. The normalized spacial score (nSPS) is 12.2. The Labute approximate surface area is 189 Å². The molecule has 0 aromatic heterocycles. The molecule has 2 N–H and O–H groups in total. The Balaban J connectivity index is 2.26. The van der Waals surface area contributed by atoms with Gasteiger partial charge in [0.25, 0.3) is 0 Å². The maximum Gasteiger partial charge on any atom is 0.328 e. The van der Waals surface area contributed by atoms with E-state index in [1.54, 1.807) is 6.07 Å². The first kappa shape index (κ1) is 25.2. The minimum absolute atomic E-state index is 0.0398. The number of hydrogen-bond acceptors (Lipinski definition) is 7. The Kier molecular flexibility index (Phi) is 8.84. The smallest absolute Gasteiger partial charge is 0.328 e. The van der Waals surface area contributed by atoms with Gasteiger partial charge in [0, 0.05) is 25.8 Å². The summed E-state index contributed by atoms with van der Waals surface area (Å²) >= 11 is 0. The van der Waals surface area contributed by atoms with Crippen molar-refractivity contribution in [3.8, 4) is 5.75 Å². The second kappa shape index (κ2) is 11.6. The Morgan fingerprint density at radius 3 is 2.33 bits per heavy atom. The number of esters is 1. The molecular weight excluding hydrogens is 437 g/mol. The van der Waals surface area contributed by atoms with Crippen LogP contribution in [0.1, 0.15) is 18.1 Å². The first-order valence-corrected chi connectivity index (χ1v) is 9.86. The molecule has 2 rings (SSSR count). The van der Waals surface area contributed by atoms with Crippen molar-refractivity contribution >= 4 is 23.5 Å². The fourth-order valence-corrected chi connectivity index (χ4v) is 3.19. The van der Waals surface area contributed by atoms with Crippen LogP contribution in [0.2, 0.25) is 0 Å². The van der Waals surface area contributed by atoms with Crippen molar-refractivity contribution in [2.24, 2.45) is 0 Å². The number of nitro groups is 1. The van der Waals surface area contributed by atoms with Crippen LogP contribution in [0.15, 0.2) is 42.5 Å².